The fourth-order valence-electron chi connectivity index (χ4n) is 2.21. The van der Waals surface area contributed by atoms with Crippen LogP contribution in [0.3, 0.4) is 0 Å². The van der Waals surface area contributed by atoms with Crippen LogP contribution in [-0.4, -0.2) is 12.0 Å². The summed E-state index contributed by atoms with van der Waals surface area (Å²) in [5.74, 6) is 0.461. The van der Waals surface area contributed by atoms with Gasteiger partial charge in [-0.05, 0) is 54.7 Å². The quantitative estimate of drug-likeness (QED) is 0.810. The van der Waals surface area contributed by atoms with Crippen molar-refractivity contribution in [3.8, 4) is 5.75 Å². The van der Waals surface area contributed by atoms with Crippen molar-refractivity contribution < 1.29 is 9.53 Å². The molecule has 24 heavy (non-hydrogen) atoms. The van der Waals surface area contributed by atoms with Gasteiger partial charge in [-0.25, -0.2) is 0 Å². The first kappa shape index (κ1) is 18.3. The Morgan fingerprint density at radius 2 is 1.75 bits per heavy atom. The van der Waals surface area contributed by atoms with Crippen LogP contribution in [0.15, 0.2) is 42.5 Å². The van der Waals surface area contributed by atoms with Crippen molar-refractivity contribution in [3.05, 3.63) is 58.6 Å². The number of benzene rings is 2. The molecule has 0 unspecified atom stereocenters. The number of halogens is 1. The van der Waals surface area contributed by atoms with E-state index in [-0.39, 0.29) is 11.3 Å². The molecule has 0 spiro atoms. The molecule has 0 saturated carbocycles. The third kappa shape index (κ3) is 4.75. The van der Waals surface area contributed by atoms with E-state index in [0.717, 1.165) is 5.56 Å². The fraction of sp³-hybridized carbons (Fsp3) is 0.350. The Bertz CT molecular complexity index is 717. The van der Waals surface area contributed by atoms with Crippen molar-refractivity contribution in [2.24, 2.45) is 0 Å². The van der Waals surface area contributed by atoms with Gasteiger partial charge in [0.2, 0.25) is 0 Å². The second-order valence-electron chi connectivity index (χ2n) is 6.99. The zero-order valence-electron chi connectivity index (χ0n) is 14.8. The average Bonchev–Trinajstić information content (AvgIpc) is 2.50. The maximum atomic E-state index is 12.3. The normalized spacial score (nSPS) is 12.6. The van der Waals surface area contributed by atoms with Crippen LogP contribution in [0.25, 0.3) is 0 Å². The Morgan fingerprint density at radius 1 is 1.12 bits per heavy atom. The number of rotatable bonds is 4. The van der Waals surface area contributed by atoms with Gasteiger partial charge >= 0.3 is 0 Å². The molecule has 0 aromatic heterocycles. The molecule has 3 nitrogen and oxygen atoms in total. The molecule has 2 rings (SSSR count). The van der Waals surface area contributed by atoms with Gasteiger partial charge in [0.25, 0.3) is 5.91 Å². The van der Waals surface area contributed by atoms with Gasteiger partial charge in [-0.3, -0.25) is 4.79 Å². The third-order valence-corrected chi connectivity index (χ3v) is 4.25. The zero-order valence-corrected chi connectivity index (χ0v) is 15.6. The molecule has 0 aliphatic carbocycles. The largest absolute Gasteiger partial charge is 0.481 e. The lowest BCUT2D eigenvalue weighted by molar-refractivity contribution is -0.122. The van der Waals surface area contributed by atoms with E-state index in [0.29, 0.717) is 16.5 Å². The number of ether oxygens (including phenoxy) is 1. The summed E-state index contributed by atoms with van der Waals surface area (Å²) in [6.45, 7) is 10.1. The summed E-state index contributed by atoms with van der Waals surface area (Å²) in [6.07, 6.45) is -0.606. The fourth-order valence-corrected chi connectivity index (χ4v) is 2.39. The minimum Gasteiger partial charge on any atom is -0.481 e. The summed E-state index contributed by atoms with van der Waals surface area (Å²) in [7, 11) is 0. The number of carbonyl (C=O) groups is 1. The van der Waals surface area contributed by atoms with Gasteiger partial charge in [0, 0.05) is 10.7 Å². The van der Waals surface area contributed by atoms with Crippen LogP contribution >= 0.6 is 11.6 Å². The Kier molecular flexibility index (Phi) is 5.55. The minimum absolute atomic E-state index is 0.0895. The summed E-state index contributed by atoms with van der Waals surface area (Å²) in [4.78, 5) is 12.3. The molecule has 4 heteroatoms. The highest BCUT2D eigenvalue weighted by Gasteiger charge is 2.17. The Morgan fingerprint density at radius 3 is 2.29 bits per heavy atom. The second kappa shape index (κ2) is 7.27. The predicted octanol–water partition coefficient (Wildman–Crippen LogP) is 5.35. The van der Waals surface area contributed by atoms with E-state index in [9.17, 15) is 4.79 Å². The first-order chi connectivity index (χ1) is 11.2. The SMILES string of the molecule is Cc1ccc(NC(=O)[C@@H](C)Oc2ccc(C(C)(C)C)cc2)cc1Cl. The Hall–Kier alpha value is -2.00. The molecule has 0 fully saturated rings. The number of carbonyl (C=O) groups excluding carboxylic acids is 1. The molecule has 0 saturated heterocycles. The topological polar surface area (TPSA) is 38.3 Å². The number of nitrogens with one attached hydrogen (secondary N) is 1. The van der Waals surface area contributed by atoms with E-state index in [4.69, 9.17) is 16.3 Å². The van der Waals surface area contributed by atoms with E-state index in [1.54, 1.807) is 13.0 Å². The molecule has 0 bridgehead atoms. The molecule has 2 aromatic carbocycles. The number of aryl methyl sites for hydroxylation is 1. The second-order valence-corrected chi connectivity index (χ2v) is 7.39. The number of anilines is 1. The van der Waals surface area contributed by atoms with Crippen molar-refractivity contribution in [2.45, 2.75) is 46.1 Å². The maximum absolute atomic E-state index is 12.3. The molecule has 128 valence electrons. The highest BCUT2D eigenvalue weighted by molar-refractivity contribution is 6.31. The minimum atomic E-state index is -0.606. The first-order valence-electron chi connectivity index (χ1n) is 8.01. The van der Waals surface area contributed by atoms with Crippen LogP contribution in [0.5, 0.6) is 5.75 Å². The lowest BCUT2D eigenvalue weighted by Gasteiger charge is -2.20. The van der Waals surface area contributed by atoms with Crippen molar-refractivity contribution in [2.75, 3.05) is 5.32 Å². The van der Waals surface area contributed by atoms with Crippen LogP contribution in [0, 0.1) is 6.92 Å². The molecule has 0 radical (unpaired) electrons. The Balaban J connectivity index is 1.99. The molecule has 0 aliphatic rings. The van der Waals surface area contributed by atoms with E-state index >= 15 is 0 Å². The van der Waals surface area contributed by atoms with E-state index in [1.165, 1.54) is 5.56 Å². The maximum Gasteiger partial charge on any atom is 0.265 e. The summed E-state index contributed by atoms with van der Waals surface area (Å²) in [5, 5.41) is 3.44. The van der Waals surface area contributed by atoms with Gasteiger partial charge in [-0.2, -0.15) is 0 Å². The molecule has 1 atom stereocenters. The van der Waals surface area contributed by atoms with Gasteiger partial charge < -0.3 is 10.1 Å². The lowest BCUT2D eigenvalue weighted by Crippen LogP contribution is -2.30. The van der Waals surface area contributed by atoms with Crippen LogP contribution in [0.1, 0.15) is 38.8 Å². The van der Waals surface area contributed by atoms with Crippen LogP contribution in [0.4, 0.5) is 5.69 Å². The molecular formula is C20H24ClNO2. The number of hydrogen-bond acceptors (Lipinski definition) is 2. The van der Waals surface area contributed by atoms with E-state index < -0.39 is 6.10 Å². The average molecular weight is 346 g/mol. The highest BCUT2D eigenvalue weighted by Crippen LogP contribution is 2.25. The van der Waals surface area contributed by atoms with Crippen LogP contribution in [0.2, 0.25) is 5.02 Å². The van der Waals surface area contributed by atoms with Gasteiger partial charge in [0.15, 0.2) is 6.10 Å². The Labute approximate surface area is 149 Å². The van der Waals surface area contributed by atoms with Gasteiger partial charge in [0.05, 0.1) is 0 Å². The first-order valence-corrected chi connectivity index (χ1v) is 8.39. The highest BCUT2D eigenvalue weighted by atomic mass is 35.5. The van der Waals surface area contributed by atoms with Crippen LogP contribution in [-0.2, 0) is 10.2 Å². The smallest absolute Gasteiger partial charge is 0.265 e. The third-order valence-electron chi connectivity index (χ3n) is 3.84. The summed E-state index contributed by atoms with van der Waals surface area (Å²) < 4.78 is 5.72. The van der Waals surface area contributed by atoms with Gasteiger partial charge in [-0.15, -0.1) is 0 Å². The monoisotopic (exact) mass is 345 g/mol. The number of hydrogen-bond donors (Lipinski definition) is 1. The van der Waals surface area contributed by atoms with Crippen molar-refractivity contribution in [3.63, 3.8) is 0 Å². The molecular weight excluding hydrogens is 322 g/mol. The molecule has 0 heterocycles. The molecule has 1 N–H and O–H groups in total. The summed E-state index contributed by atoms with van der Waals surface area (Å²) in [6, 6.07) is 13.3. The van der Waals surface area contributed by atoms with Gasteiger partial charge in [-0.1, -0.05) is 50.6 Å². The zero-order chi connectivity index (χ0) is 17.9. The number of amides is 1. The van der Waals surface area contributed by atoms with Crippen molar-refractivity contribution in [1.82, 2.24) is 0 Å². The van der Waals surface area contributed by atoms with Crippen molar-refractivity contribution in [1.29, 1.82) is 0 Å². The van der Waals surface area contributed by atoms with Gasteiger partial charge in [0.1, 0.15) is 5.75 Å². The molecule has 1 amide bonds. The summed E-state index contributed by atoms with van der Waals surface area (Å²) in [5.41, 5.74) is 2.94. The lowest BCUT2D eigenvalue weighted by atomic mass is 9.87. The molecule has 2 aromatic rings. The predicted molar refractivity (Wildman–Crippen MR) is 100 cm³/mol. The molecule has 0 aliphatic heterocycles. The van der Waals surface area contributed by atoms with E-state index in [2.05, 4.69) is 26.1 Å². The summed E-state index contributed by atoms with van der Waals surface area (Å²) >= 11 is 6.08. The van der Waals surface area contributed by atoms with Crippen LogP contribution < -0.4 is 10.1 Å². The van der Waals surface area contributed by atoms with Crippen molar-refractivity contribution >= 4 is 23.2 Å². The van der Waals surface area contributed by atoms with E-state index in [1.807, 2.05) is 43.3 Å². The standard InChI is InChI=1S/C20H24ClNO2/c1-13-6-9-16(12-18(13)21)22-19(23)14(2)24-17-10-7-15(8-11-17)20(3,4)5/h6-12,14H,1-5H3,(H,22,23)/t14-/m1/s1.